The van der Waals surface area contributed by atoms with E-state index in [0.717, 1.165) is 18.4 Å². The maximum absolute atomic E-state index is 11.9. The van der Waals surface area contributed by atoms with Crippen molar-refractivity contribution < 1.29 is 14.0 Å². The number of anilines is 1. The second-order valence-corrected chi connectivity index (χ2v) is 5.94. The Hall–Kier alpha value is -2.76. The van der Waals surface area contributed by atoms with Crippen molar-refractivity contribution in [2.45, 2.75) is 38.3 Å². The molecule has 0 atom stereocenters. The summed E-state index contributed by atoms with van der Waals surface area (Å²) in [5.74, 6) is -0.0221. The molecule has 6 heteroatoms. The molecule has 3 rings (SSSR count). The summed E-state index contributed by atoms with van der Waals surface area (Å²) in [4.78, 5) is 23.7. The summed E-state index contributed by atoms with van der Waals surface area (Å²) in [5.41, 5.74) is 1.64. The molecule has 2 aromatic rings. The highest BCUT2D eigenvalue weighted by atomic mass is 16.3. The molecule has 0 unspecified atom stereocenters. The molecule has 24 heavy (non-hydrogen) atoms. The van der Waals surface area contributed by atoms with Crippen molar-refractivity contribution in [3.05, 3.63) is 54.0 Å². The van der Waals surface area contributed by atoms with Gasteiger partial charge in [-0.15, -0.1) is 0 Å². The number of furan rings is 1. The van der Waals surface area contributed by atoms with Gasteiger partial charge >= 0.3 is 6.03 Å². The molecule has 126 valence electrons. The summed E-state index contributed by atoms with van der Waals surface area (Å²) in [7, 11) is 0. The number of nitrogens with one attached hydrogen (secondary N) is 3. The molecular formula is C18H21N3O3. The predicted molar refractivity (Wildman–Crippen MR) is 90.7 cm³/mol. The van der Waals surface area contributed by atoms with Crippen LogP contribution in [0.1, 0.15) is 41.8 Å². The molecule has 3 amide bonds. The molecule has 1 aliphatic rings. The Morgan fingerprint density at radius 3 is 2.50 bits per heavy atom. The third kappa shape index (κ3) is 4.38. The van der Waals surface area contributed by atoms with Crippen LogP contribution >= 0.6 is 0 Å². The number of urea groups is 1. The van der Waals surface area contributed by atoms with Gasteiger partial charge in [0.05, 0.1) is 6.26 Å². The van der Waals surface area contributed by atoms with Crippen LogP contribution in [0.2, 0.25) is 0 Å². The lowest BCUT2D eigenvalue weighted by atomic mass is 10.2. The van der Waals surface area contributed by atoms with Gasteiger partial charge in [-0.05, 0) is 42.7 Å². The van der Waals surface area contributed by atoms with Gasteiger partial charge in [-0.25, -0.2) is 4.79 Å². The normalized spacial score (nSPS) is 14.3. The SMILES string of the molecule is O=C(NCc1ccc(NC(=O)c2ccco2)cc1)NC1CCCC1. The number of benzene rings is 1. The zero-order valence-corrected chi connectivity index (χ0v) is 13.4. The number of hydrogen-bond acceptors (Lipinski definition) is 3. The van der Waals surface area contributed by atoms with E-state index in [4.69, 9.17) is 4.42 Å². The molecule has 1 aromatic carbocycles. The average molecular weight is 327 g/mol. The van der Waals surface area contributed by atoms with E-state index >= 15 is 0 Å². The lowest BCUT2D eigenvalue weighted by molar-refractivity contribution is 0.0996. The molecule has 1 heterocycles. The molecule has 0 radical (unpaired) electrons. The van der Waals surface area contributed by atoms with E-state index in [1.807, 2.05) is 12.1 Å². The van der Waals surface area contributed by atoms with Crippen molar-refractivity contribution in [3.8, 4) is 0 Å². The fourth-order valence-electron chi connectivity index (χ4n) is 2.80. The van der Waals surface area contributed by atoms with Gasteiger partial charge in [0.25, 0.3) is 5.91 Å². The van der Waals surface area contributed by atoms with Crippen LogP contribution in [0, 0.1) is 0 Å². The summed E-state index contributed by atoms with van der Waals surface area (Å²) in [6.45, 7) is 0.449. The Morgan fingerprint density at radius 1 is 1.08 bits per heavy atom. The van der Waals surface area contributed by atoms with Gasteiger partial charge in [-0.2, -0.15) is 0 Å². The second-order valence-electron chi connectivity index (χ2n) is 5.94. The Kier molecular flexibility index (Phi) is 5.15. The van der Waals surface area contributed by atoms with Crippen LogP contribution in [-0.2, 0) is 6.54 Å². The Morgan fingerprint density at radius 2 is 1.83 bits per heavy atom. The van der Waals surface area contributed by atoms with Crippen LogP contribution in [-0.4, -0.2) is 18.0 Å². The van der Waals surface area contributed by atoms with Crippen molar-refractivity contribution in [1.29, 1.82) is 0 Å². The van der Waals surface area contributed by atoms with E-state index in [1.165, 1.54) is 19.1 Å². The molecule has 1 aliphatic carbocycles. The molecule has 1 fully saturated rings. The van der Waals surface area contributed by atoms with Crippen molar-refractivity contribution in [1.82, 2.24) is 10.6 Å². The largest absolute Gasteiger partial charge is 0.459 e. The average Bonchev–Trinajstić information content (AvgIpc) is 3.28. The van der Waals surface area contributed by atoms with Crippen molar-refractivity contribution in [3.63, 3.8) is 0 Å². The van der Waals surface area contributed by atoms with Crippen molar-refractivity contribution in [2.24, 2.45) is 0 Å². The molecule has 3 N–H and O–H groups in total. The number of amides is 3. The van der Waals surface area contributed by atoms with E-state index in [-0.39, 0.29) is 17.7 Å². The van der Waals surface area contributed by atoms with Gasteiger partial charge in [-0.1, -0.05) is 25.0 Å². The van der Waals surface area contributed by atoms with Crippen LogP contribution < -0.4 is 16.0 Å². The molecular weight excluding hydrogens is 306 g/mol. The predicted octanol–water partition coefficient (Wildman–Crippen LogP) is 3.27. The first-order valence-corrected chi connectivity index (χ1v) is 8.19. The zero-order valence-electron chi connectivity index (χ0n) is 13.4. The lowest BCUT2D eigenvalue weighted by Gasteiger charge is -2.13. The van der Waals surface area contributed by atoms with Crippen LogP contribution in [0.15, 0.2) is 47.1 Å². The highest BCUT2D eigenvalue weighted by Crippen LogP contribution is 2.17. The number of rotatable bonds is 5. The van der Waals surface area contributed by atoms with Crippen molar-refractivity contribution >= 4 is 17.6 Å². The minimum absolute atomic E-state index is 0.128. The minimum Gasteiger partial charge on any atom is -0.459 e. The van der Waals surface area contributed by atoms with E-state index in [9.17, 15) is 9.59 Å². The standard InChI is InChI=1S/C18H21N3O3/c22-17(16-6-3-11-24-16)20-15-9-7-13(8-10-15)12-19-18(23)21-14-4-1-2-5-14/h3,6-11,14H,1-2,4-5,12H2,(H,20,22)(H2,19,21,23). The van der Waals surface area contributed by atoms with Crippen LogP contribution in [0.25, 0.3) is 0 Å². The molecule has 1 aromatic heterocycles. The van der Waals surface area contributed by atoms with Gasteiger partial charge in [0.15, 0.2) is 5.76 Å². The van der Waals surface area contributed by atoms with E-state index in [1.54, 1.807) is 24.3 Å². The van der Waals surface area contributed by atoms with Gasteiger partial charge in [-0.3, -0.25) is 4.79 Å². The number of carbonyl (C=O) groups is 2. The lowest BCUT2D eigenvalue weighted by Crippen LogP contribution is -2.40. The van der Waals surface area contributed by atoms with Gasteiger partial charge < -0.3 is 20.4 Å². The fraction of sp³-hybridized carbons (Fsp3) is 0.333. The summed E-state index contributed by atoms with van der Waals surface area (Å²) in [6.07, 6.45) is 5.97. The van der Waals surface area contributed by atoms with E-state index in [0.29, 0.717) is 18.3 Å². The summed E-state index contributed by atoms with van der Waals surface area (Å²) >= 11 is 0. The molecule has 0 saturated heterocycles. The Balaban J connectivity index is 1.45. The Labute approximate surface area is 140 Å². The Bertz CT molecular complexity index is 674. The quantitative estimate of drug-likeness (QED) is 0.788. The second kappa shape index (κ2) is 7.68. The van der Waals surface area contributed by atoms with E-state index in [2.05, 4.69) is 16.0 Å². The molecule has 0 spiro atoms. The topological polar surface area (TPSA) is 83.4 Å². The monoisotopic (exact) mass is 327 g/mol. The first-order valence-electron chi connectivity index (χ1n) is 8.19. The van der Waals surface area contributed by atoms with Gasteiger partial charge in [0.2, 0.25) is 0 Å². The fourth-order valence-corrected chi connectivity index (χ4v) is 2.80. The third-order valence-corrected chi connectivity index (χ3v) is 4.10. The third-order valence-electron chi connectivity index (χ3n) is 4.10. The van der Waals surface area contributed by atoms with Crippen LogP contribution in [0.5, 0.6) is 0 Å². The zero-order chi connectivity index (χ0) is 16.8. The van der Waals surface area contributed by atoms with Gasteiger partial charge in [0.1, 0.15) is 0 Å². The first kappa shape index (κ1) is 16.1. The summed E-state index contributed by atoms with van der Waals surface area (Å²) in [5, 5.41) is 8.59. The highest BCUT2D eigenvalue weighted by Gasteiger charge is 2.16. The summed E-state index contributed by atoms with van der Waals surface area (Å²) < 4.78 is 5.04. The molecule has 1 saturated carbocycles. The maximum atomic E-state index is 11.9. The molecule has 0 bridgehead atoms. The highest BCUT2D eigenvalue weighted by molar-refractivity contribution is 6.02. The number of hydrogen-bond donors (Lipinski definition) is 3. The molecule has 0 aliphatic heterocycles. The maximum Gasteiger partial charge on any atom is 0.315 e. The summed E-state index contributed by atoms with van der Waals surface area (Å²) in [6, 6.07) is 10.8. The first-order chi connectivity index (χ1) is 11.7. The van der Waals surface area contributed by atoms with Crippen molar-refractivity contribution in [2.75, 3.05) is 5.32 Å². The minimum atomic E-state index is -0.290. The van der Waals surface area contributed by atoms with Crippen LogP contribution in [0.3, 0.4) is 0 Å². The smallest absolute Gasteiger partial charge is 0.315 e. The number of carbonyl (C=O) groups excluding carboxylic acids is 2. The van der Waals surface area contributed by atoms with E-state index < -0.39 is 0 Å². The van der Waals surface area contributed by atoms with Gasteiger partial charge in [0, 0.05) is 18.3 Å². The molecule has 6 nitrogen and oxygen atoms in total. The van der Waals surface area contributed by atoms with Crippen LogP contribution in [0.4, 0.5) is 10.5 Å².